The van der Waals surface area contributed by atoms with Crippen LogP contribution in [0.25, 0.3) is 0 Å². The maximum absolute atomic E-state index is 11.6. The summed E-state index contributed by atoms with van der Waals surface area (Å²) >= 11 is 0. The van der Waals surface area contributed by atoms with Crippen molar-refractivity contribution in [1.29, 1.82) is 0 Å². The number of rotatable bonds is 2. The van der Waals surface area contributed by atoms with Gasteiger partial charge >= 0.3 is 11.7 Å². The van der Waals surface area contributed by atoms with E-state index in [4.69, 9.17) is 0 Å². The lowest BCUT2D eigenvalue weighted by Gasteiger charge is -2.28. The zero-order chi connectivity index (χ0) is 11.6. The third-order valence-electron chi connectivity index (χ3n) is 3.44. The fourth-order valence-electron chi connectivity index (χ4n) is 2.53. The lowest BCUT2D eigenvalue weighted by Crippen LogP contribution is -2.46. The van der Waals surface area contributed by atoms with Crippen LogP contribution in [0.3, 0.4) is 0 Å². The molecule has 0 radical (unpaired) electrons. The smallest absolute Gasteiger partial charge is 0.330 e. The predicted octanol–water partition coefficient (Wildman–Crippen LogP) is 1.31. The zero-order valence-corrected chi connectivity index (χ0v) is 9.11. The molecule has 1 aromatic rings. The molecule has 2 N–H and O–H groups in total. The van der Waals surface area contributed by atoms with Crippen molar-refractivity contribution in [3.8, 4) is 0 Å². The second kappa shape index (κ2) is 4.15. The Morgan fingerprint density at radius 3 is 2.38 bits per heavy atom. The van der Waals surface area contributed by atoms with Crippen LogP contribution >= 0.6 is 0 Å². The first-order valence-electron chi connectivity index (χ1n) is 5.67. The second-order valence-corrected chi connectivity index (χ2v) is 4.39. The number of aromatic nitrogens is 2. The molecule has 0 aliphatic heterocycles. The number of carboxylic acids is 1. The molecule has 0 aromatic carbocycles. The number of hydrogen-bond acceptors (Lipinski definition) is 2. The molecule has 1 fully saturated rings. The number of H-pyrrole nitrogens is 1. The number of aromatic amines is 1. The third-order valence-corrected chi connectivity index (χ3v) is 3.44. The predicted molar refractivity (Wildman–Crippen MR) is 58.4 cm³/mol. The Hall–Kier alpha value is -1.52. The number of hydrogen-bond donors (Lipinski definition) is 2. The molecule has 16 heavy (non-hydrogen) atoms. The summed E-state index contributed by atoms with van der Waals surface area (Å²) in [4.78, 5) is 25.6. The molecule has 0 spiro atoms. The van der Waals surface area contributed by atoms with Crippen molar-refractivity contribution >= 4 is 5.97 Å². The monoisotopic (exact) mass is 224 g/mol. The number of imidazole rings is 1. The molecule has 0 atom stereocenters. The summed E-state index contributed by atoms with van der Waals surface area (Å²) in [7, 11) is 0. The van der Waals surface area contributed by atoms with Gasteiger partial charge < -0.3 is 10.1 Å². The summed E-state index contributed by atoms with van der Waals surface area (Å²) in [5.41, 5.74) is -1.36. The molecule has 1 aliphatic carbocycles. The molecular weight excluding hydrogens is 208 g/mol. The molecule has 1 aromatic heterocycles. The van der Waals surface area contributed by atoms with Gasteiger partial charge in [0.05, 0.1) is 0 Å². The van der Waals surface area contributed by atoms with Crippen molar-refractivity contribution in [2.75, 3.05) is 0 Å². The Morgan fingerprint density at radius 1 is 1.31 bits per heavy atom. The van der Waals surface area contributed by atoms with E-state index in [2.05, 4.69) is 4.98 Å². The minimum Gasteiger partial charge on any atom is -0.479 e. The molecule has 1 aliphatic rings. The SMILES string of the molecule is O=C(O)C1(n2cc[nH]c2=O)CCCCCC1. The van der Waals surface area contributed by atoms with Gasteiger partial charge in [-0.3, -0.25) is 4.57 Å². The summed E-state index contributed by atoms with van der Waals surface area (Å²) in [6.45, 7) is 0. The van der Waals surface area contributed by atoms with Gasteiger partial charge in [-0.25, -0.2) is 9.59 Å². The van der Waals surface area contributed by atoms with Gasteiger partial charge in [-0.2, -0.15) is 0 Å². The Morgan fingerprint density at radius 2 is 1.94 bits per heavy atom. The van der Waals surface area contributed by atoms with Gasteiger partial charge in [0.2, 0.25) is 0 Å². The van der Waals surface area contributed by atoms with E-state index in [0.29, 0.717) is 12.8 Å². The second-order valence-electron chi connectivity index (χ2n) is 4.39. The third kappa shape index (κ3) is 1.66. The average Bonchev–Trinajstić information content (AvgIpc) is 2.55. The van der Waals surface area contributed by atoms with Gasteiger partial charge in [-0.1, -0.05) is 25.7 Å². The van der Waals surface area contributed by atoms with Crippen LogP contribution < -0.4 is 5.69 Å². The number of nitrogens with one attached hydrogen (secondary N) is 1. The number of carboxylic acid groups (broad SMARTS) is 1. The average molecular weight is 224 g/mol. The topological polar surface area (TPSA) is 75.1 Å². The van der Waals surface area contributed by atoms with Crippen LogP contribution in [-0.2, 0) is 10.3 Å². The lowest BCUT2D eigenvalue weighted by molar-refractivity contribution is -0.148. The highest BCUT2D eigenvalue weighted by atomic mass is 16.4. The first-order valence-corrected chi connectivity index (χ1v) is 5.67. The van der Waals surface area contributed by atoms with Crippen LogP contribution in [0.1, 0.15) is 38.5 Å². The molecule has 0 amide bonds. The quantitative estimate of drug-likeness (QED) is 0.744. The van der Waals surface area contributed by atoms with E-state index in [1.165, 1.54) is 10.8 Å². The van der Waals surface area contributed by atoms with E-state index < -0.39 is 11.5 Å². The minimum absolute atomic E-state index is 0.329. The summed E-state index contributed by atoms with van der Waals surface area (Å²) < 4.78 is 1.35. The molecule has 0 bridgehead atoms. The largest absolute Gasteiger partial charge is 0.479 e. The maximum Gasteiger partial charge on any atom is 0.330 e. The first kappa shape index (κ1) is 11.0. The molecule has 88 valence electrons. The molecule has 0 unspecified atom stereocenters. The molecule has 5 heteroatoms. The highest BCUT2D eigenvalue weighted by Crippen LogP contribution is 2.33. The maximum atomic E-state index is 11.6. The number of nitrogens with zero attached hydrogens (tertiary/aromatic N) is 1. The van der Waals surface area contributed by atoms with Crippen molar-refractivity contribution in [3.63, 3.8) is 0 Å². The standard InChI is InChI=1S/C11H16N2O3/c14-9(15)11(5-3-1-2-4-6-11)13-8-7-12-10(13)16/h7-8H,1-6H2,(H,12,16)(H,14,15). The summed E-state index contributed by atoms with van der Waals surface area (Å²) in [6, 6.07) is 0. The Balaban J connectivity index is 2.46. The van der Waals surface area contributed by atoms with Crippen LogP contribution in [0.4, 0.5) is 0 Å². The first-order chi connectivity index (χ1) is 7.67. The van der Waals surface area contributed by atoms with Crippen LogP contribution in [-0.4, -0.2) is 20.6 Å². The fourth-order valence-corrected chi connectivity index (χ4v) is 2.53. The fraction of sp³-hybridized carbons (Fsp3) is 0.636. The van der Waals surface area contributed by atoms with Crippen LogP contribution in [0, 0.1) is 0 Å². The zero-order valence-electron chi connectivity index (χ0n) is 9.11. The highest BCUT2D eigenvalue weighted by molar-refractivity contribution is 5.76. The van der Waals surface area contributed by atoms with Crippen molar-refractivity contribution in [1.82, 2.24) is 9.55 Å². The van der Waals surface area contributed by atoms with E-state index in [0.717, 1.165) is 25.7 Å². The van der Waals surface area contributed by atoms with Crippen LogP contribution in [0.15, 0.2) is 17.2 Å². The molecular formula is C11H16N2O3. The number of carbonyl (C=O) groups is 1. The van der Waals surface area contributed by atoms with Gasteiger partial charge in [0.1, 0.15) is 5.54 Å². The molecule has 0 saturated heterocycles. The normalized spacial score (nSPS) is 20.2. The van der Waals surface area contributed by atoms with E-state index in [9.17, 15) is 14.7 Å². The van der Waals surface area contributed by atoms with Gasteiger partial charge in [-0.15, -0.1) is 0 Å². The van der Waals surface area contributed by atoms with Gasteiger partial charge in [-0.05, 0) is 12.8 Å². The van der Waals surface area contributed by atoms with Gasteiger partial charge in [0.15, 0.2) is 0 Å². The van der Waals surface area contributed by atoms with Gasteiger partial charge in [0.25, 0.3) is 0 Å². The Labute approximate surface area is 93.1 Å². The number of aliphatic carboxylic acids is 1. The van der Waals surface area contributed by atoms with E-state index in [-0.39, 0.29) is 5.69 Å². The molecule has 1 saturated carbocycles. The van der Waals surface area contributed by atoms with Crippen molar-refractivity contribution in [2.45, 2.75) is 44.1 Å². The van der Waals surface area contributed by atoms with Crippen molar-refractivity contribution < 1.29 is 9.90 Å². The van der Waals surface area contributed by atoms with Crippen LogP contribution in [0.2, 0.25) is 0 Å². The lowest BCUT2D eigenvalue weighted by atomic mass is 9.90. The van der Waals surface area contributed by atoms with Crippen molar-refractivity contribution in [2.24, 2.45) is 0 Å². The molecule has 1 heterocycles. The van der Waals surface area contributed by atoms with E-state index in [1.54, 1.807) is 6.20 Å². The molecule has 5 nitrogen and oxygen atoms in total. The Bertz CT molecular complexity index is 424. The molecule has 2 rings (SSSR count). The van der Waals surface area contributed by atoms with E-state index in [1.807, 2.05) is 0 Å². The van der Waals surface area contributed by atoms with Crippen molar-refractivity contribution in [3.05, 3.63) is 22.9 Å². The van der Waals surface area contributed by atoms with E-state index >= 15 is 0 Å². The minimum atomic E-state index is -1.03. The highest BCUT2D eigenvalue weighted by Gasteiger charge is 2.41. The summed E-state index contributed by atoms with van der Waals surface area (Å²) in [5.74, 6) is -0.892. The van der Waals surface area contributed by atoms with Crippen LogP contribution in [0.5, 0.6) is 0 Å². The summed E-state index contributed by atoms with van der Waals surface area (Å²) in [6.07, 6.45) is 7.95. The Kier molecular flexibility index (Phi) is 2.85. The summed E-state index contributed by atoms with van der Waals surface area (Å²) in [5, 5.41) is 9.44. The van der Waals surface area contributed by atoms with Gasteiger partial charge in [0, 0.05) is 12.4 Å².